The monoisotopic (exact) mass is 353 g/mol. The summed E-state index contributed by atoms with van der Waals surface area (Å²) in [6, 6.07) is 7.23. The minimum absolute atomic E-state index is 0.0189. The SMILES string of the molecule is O=C(Cc1cccnc1)N1CCC[C@@]2(CCN(C(=O)c3ccco3)C2)C1. The molecule has 136 valence electrons. The Kier molecular flexibility index (Phi) is 4.49. The molecule has 0 bridgehead atoms. The number of amides is 2. The average Bonchev–Trinajstić information content (AvgIpc) is 3.33. The van der Waals surface area contributed by atoms with Crippen molar-refractivity contribution in [2.45, 2.75) is 25.7 Å². The molecule has 6 nitrogen and oxygen atoms in total. The molecule has 0 N–H and O–H groups in total. The number of piperidine rings is 1. The van der Waals surface area contributed by atoms with Crippen LogP contribution in [0.25, 0.3) is 0 Å². The maximum atomic E-state index is 12.7. The Morgan fingerprint density at radius 2 is 2.00 bits per heavy atom. The van der Waals surface area contributed by atoms with Gasteiger partial charge in [-0.1, -0.05) is 6.07 Å². The molecule has 0 aromatic carbocycles. The van der Waals surface area contributed by atoms with Crippen molar-refractivity contribution in [3.8, 4) is 0 Å². The summed E-state index contributed by atoms with van der Waals surface area (Å²) in [5, 5.41) is 0. The molecule has 0 unspecified atom stereocenters. The molecule has 4 heterocycles. The van der Waals surface area contributed by atoms with E-state index in [0.717, 1.165) is 44.5 Å². The van der Waals surface area contributed by atoms with Crippen LogP contribution in [0.5, 0.6) is 0 Å². The van der Waals surface area contributed by atoms with Gasteiger partial charge in [-0.25, -0.2) is 0 Å². The molecule has 2 aliphatic heterocycles. The molecular weight excluding hydrogens is 330 g/mol. The standard InChI is InChI=1S/C20H23N3O3/c24-18(12-16-4-1-8-21-13-16)22-9-3-6-20(14-22)7-10-23(15-20)19(25)17-5-2-11-26-17/h1-2,4-5,8,11,13H,3,6-7,9-10,12,14-15H2/t20-/m1/s1. The Bertz CT molecular complexity index is 775. The van der Waals surface area contributed by atoms with Crippen LogP contribution in [0.3, 0.4) is 0 Å². The van der Waals surface area contributed by atoms with Gasteiger partial charge >= 0.3 is 0 Å². The molecule has 1 atom stereocenters. The van der Waals surface area contributed by atoms with E-state index in [4.69, 9.17) is 4.42 Å². The van der Waals surface area contributed by atoms with Gasteiger partial charge in [-0.15, -0.1) is 0 Å². The van der Waals surface area contributed by atoms with Crippen molar-refractivity contribution in [1.29, 1.82) is 0 Å². The molecule has 6 heteroatoms. The smallest absolute Gasteiger partial charge is 0.289 e. The number of carbonyl (C=O) groups excluding carboxylic acids is 2. The number of rotatable bonds is 3. The molecule has 0 saturated carbocycles. The number of hydrogen-bond acceptors (Lipinski definition) is 4. The molecule has 0 radical (unpaired) electrons. The summed E-state index contributed by atoms with van der Waals surface area (Å²) >= 11 is 0. The van der Waals surface area contributed by atoms with Gasteiger partial charge in [0, 0.05) is 44.0 Å². The quantitative estimate of drug-likeness (QED) is 0.850. The highest BCUT2D eigenvalue weighted by Gasteiger charge is 2.44. The predicted molar refractivity (Wildman–Crippen MR) is 95.4 cm³/mol. The third-order valence-corrected chi connectivity index (χ3v) is 5.55. The largest absolute Gasteiger partial charge is 0.459 e. The van der Waals surface area contributed by atoms with Gasteiger partial charge in [0.1, 0.15) is 0 Å². The third-order valence-electron chi connectivity index (χ3n) is 5.55. The molecule has 2 aliphatic rings. The minimum atomic E-state index is -0.0503. The lowest BCUT2D eigenvalue weighted by atomic mass is 9.79. The number of hydrogen-bond donors (Lipinski definition) is 0. The summed E-state index contributed by atoms with van der Waals surface area (Å²) in [4.78, 5) is 33.2. The summed E-state index contributed by atoms with van der Waals surface area (Å²) in [6.07, 6.45) is 8.37. The second-order valence-electron chi connectivity index (χ2n) is 7.41. The highest BCUT2D eigenvalue weighted by atomic mass is 16.3. The Morgan fingerprint density at radius 1 is 1.12 bits per heavy atom. The van der Waals surface area contributed by atoms with E-state index in [1.807, 2.05) is 21.9 Å². The molecule has 0 aliphatic carbocycles. The summed E-state index contributed by atoms with van der Waals surface area (Å²) in [5.74, 6) is 0.487. The molecule has 2 aromatic heterocycles. The highest BCUT2D eigenvalue weighted by Crippen LogP contribution is 2.39. The molecule has 1 spiro atoms. The van der Waals surface area contributed by atoms with Crippen LogP contribution >= 0.6 is 0 Å². The lowest BCUT2D eigenvalue weighted by molar-refractivity contribution is -0.133. The zero-order chi connectivity index (χ0) is 18.0. The van der Waals surface area contributed by atoms with Gasteiger partial charge in [-0.05, 0) is 43.0 Å². The Morgan fingerprint density at radius 3 is 2.77 bits per heavy atom. The van der Waals surface area contributed by atoms with E-state index in [9.17, 15) is 9.59 Å². The van der Waals surface area contributed by atoms with E-state index in [2.05, 4.69) is 4.98 Å². The second kappa shape index (κ2) is 6.94. The summed E-state index contributed by atoms with van der Waals surface area (Å²) < 4.78 is 5.25. The van der Waals surface area contributed by atoms with E-state index >= 15 is 0 Å². The molecule has 2 amide bonds. The highest BCUT2D eigenvalue weighted by molar-refractivity contribution is 5.91. The zero-order valence-electron chi connectivity index (χ0n) is 14.8. The van der Waals surface area contributed by atoms with Crippen LogP contribution in [0.15, 0.2) is 47.3 Å². The van der Waals surface area contributed by atoms with Gasteiger partial charge in [0.25, 0.3) is 5.91 Å². The van der Waals surface area contributed by atoms with Crippen molar-refractivity contribution < 1.29 is 14.0 Å². The van der Waals surface area contributed by atoms with Gasteiger partial charge in [-0.3, -0.25) is 14.6 Å². The van der Waals surface area contributed by atoms with Crippen LogP contribution in [-0.4, -0.2) is 52.8 Å². The van der Waals surface area contributed by atoms with Gasteiger partial charge in [0.2, 0.25) is 5.91 Å². The first-order chi connectivity index (χ1) is 12.7. The fourth-order valence-corrected chi connectivity index (χ4v) is 4.21. The number of likely N-dealkylation sites (tertiary alicyclic amines) is 2. The lowest BCUT2D eigenvalue weighted by Crippen LogP contribution is -2.48. The van der Waals surface area contributed by atoms with Crippen LogP contribution in [0.4, 0.5) is 0 Å². The maximum absolute atomic E-state index is 12.7. The fourth-order valence-electron chi connectivity index (χ4n) is 4.21. The number of nitrogens with zero attached hydrogens (tertiary/aromatic N) is 3. The van der Waals surface area contributed by atoms with Crippen molar-refractivity contribution in [2.24, 2.45) is 5.41 Å². The molecule has 2 saturated heterocycles. The Labute approximate surface area is 152 Å². The Hall–Kier alpha value is -2.63. The van der Waals surface area contributed by atoms with E-state index in [1.54, 1.807) is 24.5 Å². The van der Waals surface area contributed by atoms with Crippen LogP contribution in [0.1, 0.15) is 35.4 Å². The first kappa shape index (κ1) is 16.8. The van der Waals surface area contributed by atoms with Crippen molar-refractivity contribution in [2.75, 3.05) is 26.2 Å². The van der Waals surface area contributed by atoms with Gasteiger partial charge in [0.15, 0.2) is 5.76 Å². The van der Waals surface area contributed by atoms with Crippen molar-refractivity contribution in [3.05, 3.63) is 54.2 Å². The minimum Gasteiger partial charge on any atom is -0.459 e. The summed E-state index contributed by atoms with van der Waals surface area (Å²) in [5.41, 5.74) is 0.962. The van der Waals surface area contributed by atoms with E-state index < -0.39 is 0 Å². The first-order valence-electron chi connectivity index (χ1n) is 9.15. The molecular formula is C20H23N3O3. The molecule has 4 rings (SSSR count). The van der Waals surface area contributed by atoms with Gasteiger partial charge < -0.3 is 14.2 Å². The van der Waals surface area contributed by atoms with Gasteiger partial charge in [-0.2, -0.15) is 0 Å². The second-order valence-corrected chi connectivity index (χ2v) is 7.41. The first-order valence-corrected chi connectivity index (χ1v) is 9.15. The number of furan rings is 1. The van der Waals surface area contributed by atoms with Crippen LogP contribution in [-0.2, 0) is 11.2 Å². The zero-order valence-corrected chi connectivity index (χ0v) is 14.8. The van der Waals surface area contributed by atoms with Gasteiger partial charge in [0.05, 0.1) is 12.7 Å². The van der Waals surface area contributed by atoms with Crippen molar-refractivity contribution in [1.82, 2.24) is 14.8 Å². The molecule has 2 aromatic rings. The normalized spacial score (nSPS) is 22.8. The lowest BCUT2D eigenvalue weighted by Gasteiger charge is -2.40. The van der Waals surface area contributed by atoms with Crippen LogP contribution < -0.4 is 0 Å². The number of carbonyl (C=O) groups is 2. The average molecular weight is 353 g/mol. The molecule has 26 heavy (non-hydrogen) atoms. The van der Waals surface area contributed by atoms with E-state index in [1.165, 1.54) is 6.26 Å². The Balaban J connectivity index is 1.40. The van der Waals surface area contributed by atoms with Crippen LogP contribution in [0, 0.1) is 5.41 Å². The predicted octanol–water partition coefficient (Wildman–Crippen LogP) is 2.37. The summed E-state index contributed by atoms with van der Waals surface area (Å²) in [7, 11) is 0. The van der Waals surface area contributed by atoms with Crippen molar-refractivity contribution >= 4 is 11.8 Å². The van der Waals surface area contributed by atoms with E-state index in [0.29, 0.717) is 18.7 Å². The third kappa shape index (κ3) is 3.36. The number of pyridine rings is 1. The maximum Gasteiger partial charge on any atom is 0.289 e. The summed E-state index contributed by atoms with van der Waals surface area (Å²) in [6.45, 7) is 2.95. The number of aromatic nitrogens is 1. The topological polar surface area (TPSA) is 66.7 Å². The van der Waals surface area contributed by atoms with Crippen LogP contribution in [0.2, 0.25) is 0 Å². The van der Waals surface area contributed by atoms with Crippen molar-refractivity contribution in [3.63, 3.8) is 0 Å². The molecule has 2 fully saturated rings. The fraction of sp³-hybridized carbons (Fsp3) is 0.450. The van der Waals surface area contributed by atoms with E-state index in [-0.39, 0.29) is 17.2 Å².